The van der Waals surface area contributed by atoms with Crippen molar-refractivity contribution < 1.29 is 9.53 Å². The lowest BCUT2D eigenvalue weighted by Gasteiger charge is -2.17. The van der Waals surface area contributed by atoms with Crippen LogP contribution in [0.2, 0.25) is 0 Å². The average molecular weight is 343 g/mol. The first-order valence-corrected chi connectivity index (χ1v) is 8.62. The molecule has 3 rings (SSSR count). The van der Waals surface area contributed by atoms with Crippen LogP contribution in [0.1, 0.15) is 20.8 Å². The number of nitrogens with zero attached hydrogens (tertiary/aromatic N) is 3. The Balaban J connectivity index is 1.93. The summed E-state index contributed by atoms with van der Waals surface area (Å²) in [6.45, 7) is 8.01. The Bertz CT molecular complexity index is 742. The maximum atomic E-state index is 12.5. The average Bonchev–Trinajstić information content (AvgIpc) is 3.06. The van der Waals surface area contributed by atoms with Crippen molar-refractivity contribution in [2.45, 2.75) is 20.8 Å². The number of amides is 1. The van der Waals surface area contributed by atoms with E-state index in [9.17, 15) is 4.79 Å². The Labute approximate surface area is 147 Å². The number of allylic oxidation sites excluding steroid dienone is 2. The number of anilines is 1. The highest BCUT2D eigenvalue weighted by molar-refractivity contribution is 7.80. The maximum Gasteiger partial charge on any atom is 0.276 e. The predicted molar refractivity (Wildman–Crippen MR) is 98.6 cm³/mol. The SMILES string of the molecule is CCN1C(=O)/C(=C/C=C2/Oc3ccccc3N2CC)N(CC)C1=S. The minimum absolute atomic E-state index is 0.0558. The minimum atomic E-state index is -0.0558. The molecule has 0 unspecified atom stereocenters. The second kappa shape index (κ2) is 6.65. The minimum Gasteiger partial charge on any atom is -0.439 e. The molecule has 0 spiro atoms. The molecule has 5 nitrogen and oxygen atoms in total. The molecule has 0 N–H and O–H groups in total. The molecule has 0 saturated carbocycles. The van der Waals surface area contributed by atoms with Crippen LogP contribution >= 0.6 is 12.2 Å². The van der Waals surface area contributed by atoms with Gasteiger partial charge in [-0.05, 0) is 51.2 Å². The van der Waals surface area contributed by atoms with E-state index >= 15 is 0 Å². The summed E-state index contributed by atoms with van der Waals surface area (Å²) in [7, 11) is 0. The summed E-state index contributed by atoms with van der Waals surface area (Å²) in [5.41, 5.74) is 1.63. The lowest BCUT2D eigenvalue weighted by atomic mass is 10.3. The fourth-order valence-corrected chi connectivity index (χ4v) is 3.43. The molecule has 6 heteroatoms. The van der Waals surface area contributed by atoms with E-state index in [2.05, 4.69) is 11.8 Å². The number of carbonyl (C=O) groups is 1. The van der Waals surface area contributed by atoms with Gasteiger partial charge in [0, 0.05) is 25.7 Å². The summed E-state index contributed by atoms with van der Waals surface area (Å²) in [6, 6.07) is 7.91. The summed E-state index contributed by atoms with van der Waals surface area (Å²) in [4.78, 5) is 18.1. The van der Waals surface area contributed by atoms with E-state index in [1.807, 2.05) is 49.1 Å². The van der Waals surface area contributed by atoms with Crippen molar-refractivity contribution in [3.05, 3.63) is 48.0 Å². The number of carbonyl (C=O) groups excluding carboxylic acids is 1. The predicted octanol–water partition coefficient (Wildman–Crippen LogP) is 3.10. The van der Waals surface area contributed by atoms with Crippen LogP contribution in [0.5, 0.6) is 5.75 Å². The molecule has 2 aliphatic heterocycles. The summed E-state index contributed by atoms with van der Waals surface area (Å²) >= 11 is 5.39. The molecule has 1 fully saturated rings. The number of para-hydroxylation sites is 2. The molecule has 1 aromatic carbocycles. The number of hydrogen-bond acceptors (Lipinski definition) is 4. The number of hydrogen-bond donors (Lipinski definition) is 0. The zero-order valence-electron chi connectivity index (χ0n) is 14.2. The number of thiocarbonyl (C=S) groups is 1. The first-order chi connectivity index (χ1) is 11.6. The summed E-state index contributed by atoms with van der Waals surface area (Å²) in [5, 5.41) is 0.567. The third-order valence-corrected chi connectivity index (χ3v) is 4.63. The van der Waals surface area contributed by atoms with Gasteiger partial charge in [0.2, 0.25) is 5.88 Å². The number of ether oxygens (including phenoxy) is 1. The topological polar surface area (TPSA) is 36.0 Å². The van der Waals surface area contributed by atoms with E-state index < -0.39 is 0 Å². The van der Waals surface area contributed by atoms with Crippen LogP contribution in [-0.2, 0) is 4.79 Å². The van der Waals surface area contributed by atoms with Crippen molar-refractivity contribution in [2.24, 2.45) is 0 Å². The van der Waals surface area contributed by atoms with Gasteiger partial charge in [0.15, 0.2) is 10.9 Å². The highest BCUT2D eigenvalue weighted by atomic mass is 32.1. The molecule has 0 aromatic heterocycles. The van der Waals surface area contributed by atoms with Gasteiger partial charge < -0.3 is 14.5 Å². The lowest BCUT2D eigenvalue weighted by Crippen LogP contribution is -2.32. The van der Waals surface area contributed by atoms with Crippen LogP contribution in [0.3, 0.4) is 0 Å². The molecule has 2 heterocycles. The van der Waals surface area contributed by atoms with E-state index in [4.69, 9.17) is 17.0 Å². The molecular formula is C18H21N3O2S. The Morgan fingerprint density at radius 3 is 2.33 bits per heavy atom. The van der Waals surface area contributed by atoms with E-state index in [-0.39, 0.29) is 5.91 Å². The van der Waals surface area contributed by atoms with Crippen molar-refractivity contribution >= 4 is 28.9 Å². The van der Waals surface area contributed by atoms with Gasteiger partial charge in [0.05, 0.1) is 5.69 Å². The molecule has 2 aliphatic rings. The molecule has 126 valence electrons. The summed E-state index contributed by atoms with van der Waals surface area (Å²) < 4.78 is 5.92. The molecule has 0 atom stereocenters. The van der Waals surface area contributed by atoms with Crippen LogP contribution in [0.25, 0.3) is 0 Å². The van der Waals surface area contributed by atoms with Gasteiger partial charge in [-0.15, -0.1) is 0 Å². The van der Waals surface area contributed by atoms with Crippen LogP contribution in [0.4, 0.5) is 5.69 Å². The van der Waals surface area contributed by atoms with E-state index in [0.717, 1.165) is 23.9 Å². The second-order valence-corrected chi connectivity index (χ2v) is 5.81. The molecule has 0 bridgehead atoms. The number of likely N-dealkylation sites (N-methyl/N-ethyl adjacent to an activating group) is 2. The monoisotopic (exact) mass is 343 g/mol. The third kappa shape index (κ3) is 2.57. The van der Waals surface area contributed by atoms with Crippen molar-refractivity contribution in [1.82, 2.24) is 9.80 Å². The van der Waals surface area contributed by atoms with Crippen molar-refractivity contribution in [3.63, 3.8) is 0 Å². The fourth-order valence-electron chi connectivity index (χ4n) is 2.99. The van der Waals surface area contributed by atoms with E-state index in [1.54, 1.807) is 11.0 Å². The van der Waals surface area contributed by atoms with Crippen LogP contribution in [0.15, 0.2) is 48.0 Å². The number of rotatable bonds is 4. The normalized spacial score (nSPS) is 20.4. The van der Waals surface area contributed by atoms with Crippen molar-refractivity contribution in [3.8, 4) is 5.75 Å². The fraction of sp³-hybridized carbons (Fsp3) is 0.333. The summed E-state index contributed by atoms with van der Waals surface area (Å²) in [5.74, 6) is 1.50. The van der Waals surface area contributed by atoms with Crippen LogP contribution in [-0.4, -0.2) is 40.5 Å². The molecule has 1 saturated heterocycles. The highest BCUT2D eigenvalue weighted by Crippen LogP contribution is 2.38. The highest BCUT2D eigenvalue weighted by Gasteiger charge is 2.35. The Hall–Kier alpha value is -2.34. The maximum absolute atomic E-state index is 12.5. The molecule has 0 aliphatic carbocycles. The molecule has 0 radical (unpaired) electrons. The van der Waals surface area contributed by atoms with Gasteiger partial charge in [-0.3, -0.25) is 9.69 Å². The Morgan fingerprint density at radius 2 is 1.67 bits per heavy atom. The van der Waals surface area contributed by atoms with Crippen molar-refractivity contribution in [1.29, 1.82) is 0 Å². The largest absolute Gasteiger partial charge is 0.439 e. The van der Waals surface area contributed by atoms with E-state index in [1.165, 1.54) is 0 Å². The number of fused-ring (bicyclic) bond motifs is 1. The van der Waals surface area contributed by atoms with E-state index in [0.29, 0.717) is 23.9 Å². The van der Waals surface area contributed by atoms with Gasteiger partial charge in [0.1, 0.15) is 5.70 Å². The summed E-state index contributed by atoms with van der Waals surface area (Å²) in [6.07, 6.45) is 3.65. The zero-order chi connectivity index (χ0) is 17.3. The molecule has 1 aromatic rings. The first kappa shape index (κ1) is 16.5. The van der Waals surface area contributed by atoms with Gasteiger partial charge in [-0.25, -0.2) is 0 Å². The lowest BCUT2D eigenvalue weighted by molar-refractivity contribution is -0.122. The third-order valence-electron chi connectivity index (χ3n) is 4.19. The Morgan fingerprint density at radius 1 is 1.00 bits per heavy atom. The zero-order valence-corrected chi connectivity index (χ0v) is 15.0. The molecule has 1 amide bonds. The van der Waals surface area contributed by atoms with Crippen LogP contribution < -0.4 is 9.64 Å². The van der Waals surface area contributed by atoms with Gasteiger partial charge in [-0.1, -0.05) is 12.1 Å². The van der Waals surface area contributed by atoms with Gasteiger partial charge >= 0.3 is 0 Å². The molecule has 24 heavy (non-hydrogen) atoms. The van der Waals surface area contributed by atoms with Gasteiger partial charge in [0.25, 0.3) is 5.91 Å². The van der Waals surface area contributed by atoms with Crippen LogP contribution in [0, 0.1) is 0 Å². The smallest absolute Gasteiger partial charge is 0.276 e. The first-order valence-electron chi connectivity index (χ1n) is 8.22. The Kier molecular flexibility index (Phi) is 4.57. The van der Waals surface area contributed by atoms with Gasteiger partial charge in [-0.2, -0.15) is 0 Å². The quantitative estimate of drug-likeness (QED) is 0.620. The second-order valence-electron chi connectivity index (χ2n) is 5.45. The standard InChI is InChI=1S/C18H21N3O2S/c1-4-19-13-9-7-8-10-15(13)23-16(19)12-11-14-17(22)21(6-3)18(24)20(14)5-2/h7-12H,4-6H2,1-3H3/b14-11-,16-12+. The van der Waals surface area contributed by atoms with Crippen molar-refractivity contribution in [2.75, 3.05) is 24.5 Å². The number of benzene rings is 1. The molecular weight excluding hydrogens is 322 g/mol.